The molecule has 11 nitrogen and oxygen atoms in total. The maximum atomic E-state index is 12.7. The lowest BCUT2D eigenvalue weighted by Crippen LogP contribution is -2.48. The number of rotatable bonds is 10. The van der Waals surface area contributed by atoms with Gasteiger partial charge in [0.25, 0.3) is 5.78 Å². The number of thioether (sulfide) groups is 1. The highest BCUT2D eigenvalue weighted by Gasteiger charge is 2.33. The Morgan fingerprint density at radius 3 is 2.74 bits per heavy atom. The zero-order valence-corrected chi connectivity index (χ0v) is 19.9. The number of hydrogen-bond donors (Lipinski definition) is 0. The van der Waals surface area contributed by atoms with E-state index in [9.17, 15) is 9.36 Å². The van der Waals surface area contributed by atoms with Crippen molar-refractivity contribution in [3.8, 4) is 5.88 Å². The van der Waals surface area contributed by atoms with Crippen LogP contribution in [0.1, 0.15) is 19.5 Å². The Labute approximate surface area is 185 Å². The molecule has 1 aliphatic rings. The molecule has 1 atom stereocenters. The Morgan fingerprint density at radius 1 is 1.32 bits per heavy atom. The molecule has 1 saturated heterocycles. The molecule has 2 aromatic heterocycles. The van der Waals surface area contributed by atoms with Gasteiger partial charge in [0.05, 0.1) is 26.4 Å². The predicted molar refractivity (Wildman–Crippen MR) is 115 cm³/mol. The lowest BCUT2D eigenvalue weighted by molar-refractivity contribution is -0.137. The zero-order valence-electron chi connectivity index (χ0n) is 18.1. The largest absolute Gasteiger partial charge is 0.475 e. The first-order valence-electron chi connectivity index (χ1n) is 10.1. The first kappa shape index (κ1) is 23.9. The van der Waals surface area contributed by atoms with Crippen LogP contribution in [0.4, 0.5) is 0 Å². The summed E-state index contributed by atoms with van der Waals surface area (Å²) in [6.07, 6.45) is 1.26. The fourth-order valence-corrected chi connectivity index (χ4v) is 5.05. The number of amides is 1. The summed E-state index contributed by atoms with van der Waals surface area (Å²) in [5, 5.41) is 4.97. The summed E-state index contributed by atoms with van der Waals surface area (Å²) in [5.41, 5.74) is 0.756. The van der Waals surface area contributed by atoms with Gasteiger partial charge >= 0.3 is 7.60 Å². The molecule has 1 amide bonds. The summed E-state index contributed by atoms with van der Waals surface area (Å²) < 4.78 is 36.4. The van der Waals surface area contributed by atoms with Crippen molar-refractivity contribution in [1.29, 1.82) is 0 Å². The van der Waals surface area contributed by atoms with Crippen LogP contribution in [0, 0.1) is 6.92 Å². The minimum absolute atomic E-state index is 0.213. The minimum Gasteiger partial charge on any atom is -0.475 e. The number of nitrogens with zero attached hydrogens (tertiary/aromatic N) is 5. The quantitative estimate of drug-likeness (QED) is 0.375. The van der Waals surface area contributed by atoms with Crippen molar-refractivity contribution in [3.63, 3.8) is 0 Å². The summed E-state index contributed by atoms with van der Waals surface area (Å²) in [6.45, 7) is 7.01. The van der Waals surface area contributed by atoms with Gasteiger partial charge in [0.1, 0.15) is 18.9 Å². The summed E-state index contributed by atoms with van der Waals surface area (Å²) in [4.78, 5) is 23.0. The molecule has 0 radical (unpaired) electrons. The molecule has 31 heavy (non-hydrogen) atoms. The SMILES string of the molecule is CCOP(=O)(CC(=O)N1CCOC(COc2cc(C)nc3nc(SC)nn23)C1)OCC. The van der Waals surface area contributed by atoms with E-state index in [1.807, 2.05) is 13.2 Å². The van der Waals surface area contributed by atoms with E-state index in [0.29, 0.717) is 36.5 Å². The van der Waals surface area contributed by atoms with E-state index in [-0.39, 0.29) is 38.0 Å². The van der Waals surface area contributed by atoms with Crippen molar-refractivity contribution in [2.45, 2.75) is 32.0 Å². The summed E-state index contributed by atoms with van der Waals surface area (Å²) in [5.74, 6) is 0.671. The van der Waals surface area contributed by atoms with E-state index < -0.39 is 7.60 Å². The lowest BCUT2D eigenvalue weighted by atomic mass is 10.3. The monoisotopic (exact) mass is 473 g/mol. The average molecular weight is 473 g/mol. The van der Waals surface area contributed by atoms with Gasteiger partial charge in [-0.25, -0.2) is 4.98 Å². The summed E-state index contributed by atoms with van der Waals surface area (Å²) >= 11 is 1.42. The highest BCUT2D eigenvalue weighted by Crippen LogP contribution is 2.48. The fraction of sp³-hybridized carbons (Fsp3) is 0.667. The highest BCUT2D eigenvalue weighted by molar-refractivity contribution is 7.98. The molecule has 1 aliphatic heterocycles. The van der Waals surface area contributed by atoms with E-state index >= 15 is 0 Å². The number of ether oxygens (including phenoxy) is 2. The van der Waals surface area contributed by atoms with Gasteiger partial charge < -0.3 is 23.4 Å². The van der Waals surface area contributed by atoms with Gasteiger partial charge in [0.2, 0.25) is 16.9 Å². The van der Waals surface area contributed by atoms with E-state index in [0.717, 1.165) is 5.69 Å². The molecule has 1 unspecified atom stereocenters. The number of carbonyl (C=O) groups excluding carboxylic acids is 1. The molecule has 0 spiro atoms. The van der Waals surface area contributed by atoms with Crippen LogP contribution in [0.5, 0.6) is 5.88 Å². The fourth-order valence-electron chi connectivity index (χ4n) is 3.14. The van der Waals surface area contributed by atoms with Crippen molar-refractivity contribution in [3.05, 3.63) is 11.8 Å². The van der Waals surface area contributed by atoms with Crippen LogP contribution in [-0.2, 0) is 23.1 Å². The minimum atomic E-state index is -3.45. The van der Waals surface area contributed by atoms with E-state index in [2.05, 4.69) is 15.1 Å². The second-order valence-corrected chi connectivity index (χ2v) is 9.62. The standard InChI is InChI=1S/C18H28N5O6PS/c1-5-28-30(25,29-6-2)12-15(24)22-7-8-26-14(10-22)11-27-16-9-13(3)19-17-20-18(31-4)21-23(16)17/h9,14H,5-8,10-12H2,1-4H3. The summed E-state index contributed by atoms with van der Waals surface area (Å²) in [7, 11) is -3.45. The van der Waals surface area contributed by atoms with Gasteiger partial charge in [-0.15, -0.1) is 5.10 Å². The van der Waals surface area contributed by atoms with E-state index in [1.54, 1.807) is 29.3 Å². The molecule has 3 rings (SSSR count). The van der Waals surface area contributed by atoms with Crippen LogP contribution in [0.2, 0.25) is 0 Å². The molecule has 2 aromatic rings. The number of hydrogen-bond acceptors (Lipinski definition) is 10. The summed E-state index contributed by atoms with van der Waals surface area (Å²) in [6, 6.07) is 1.78. The Bertz CT molecular complexity index is 947. The zero-order chi connectivity index (χ0) is 22.4. The number of fused-ring (bicyclic) bond motifs is 1. The number of morpholine rings is 1. The van der Waals surface area contributed by atoms with Crippen LogP contribution in [0.25, 0.3) is 5.78 Å². The van der Waals surface area contributed by atoms with Crippen LogP contribution in [0.3, 0.4) is 0 Å². The normalized spacial score (nSPS) is 17.3. The van der Waals surface area contributed by atoms with Gasteiger partial charge in [-0.3, -0.25) is 9.36 Å². The third kappa shape index (κ3) is 6.17. The molecule has 0 bridgehead atoms. The second-order valence-electron chi connectivity index (χ2n) is 6.79. The second kappa shape index (κ2) is 10.7. The molecule has 0 aromatic carbocycles. The van der Waals surface area contributed by atoms with Gasteiger partial charge in [-0.05, 0) is 27.0 Å². The number of carbonyl (C=O) groups is 1. The van der Waals surface area contributed by atoms with Crippen LogP contribution < -0.4 is 4.74 Å². The van der Waals surface area contributed by atoms with Crippen molar-refractivity contribution in [1.82, 2.24) is 24.5 Å². The molecule has 0 aliphatic carbocycles. The molecule has 1 fully saturated rings. The lowest BCUT2D eigenvalue weighted by Gasteiger charge is -2.33. The number of aromatic nitrogens is 4. The van der Waals surface area contributed by atoms with Gasteiger partial charge in [-0.2, -0.15) is 9.50 Å². The molecule has 0 saturated carbocycles. The Hall–Kier alpha value is -1.72. The first-order chi connectivity index (χ1) is 14.9. The van der Waals surface area contributed by atoms with Crippen molar-refractivity contribution in [2.24, 2.45) is 0 Å². The maximum absolute atomic E-state index is 12.7. The van der Waals surface area contributed by atoms with Crippen molar-refractivity contribution < 1.29 is 27.9 Å². The predicted octanol–water partition coefficient (Wildman–Crippen LogP) is 2.03. The topological polar surface area (TPSA) is 117 Å². The van der Waals surface area contributed by atoms with E-state index in [4.69, 9.17) is 18.5 Å². The Kier molecular flexibility index (Phi) is 8.29. The molecule has 0 N–H and O–H groups in total. The van der Waals surface area contributed by atoms with Gasteiger partial charge in [0.15, 0.2) is 0 Å². The highest BCUT2D eigenvalue weighted by atomic mass is 32.2. The van der Waals surface area contributed by atoms with Gasteiger partial charge in [-0.1, -0.05) is 11.8 Å². The third-order valence-corrected chi connectivity index (χ3v) is 6.96. The van der Waals surface area contributed by atoms with E-state index in [1.165, 1.54) is 11.8 Å². The Balaban J connectivity index is 1.62. The third-order valence-electron chi connectivity index (χ3n) is 4.46. The van der Waals surface area contributed by atoms with Crippen molar-refractivity contribution >= 4 is 31.0 Å². The Morgan fingerprint density at radius 2 is 2.06 bits per heavy atom. The van der Waals surface area contributed by atoms with Crippen LogP contribution in [-0.4, -0.2) is 88.4 Å². The maximum Gasteiger partial charge on any atom is 0.340 e. The first-order valence-corrected chi connectivity index (χ1v) is 13.0. The smallest absolute Gasteiger partial charge is 0.340 e. The van der Waals surface area contributed by atoms with Crippen LogP contribution in [0.15, 0.2) is 11.2 Å². The molecular formula is C18H28N5O6PS. The average Bonchev–Trinajstić information content (AvgIpc) is 3.15. The molecular weight excluding hydrogens is 445 g/mol. The number of aryl methyl sites for hydroxylation is 1. The molecule has 172 valence electrons. The molecule has 13 heteroatoms. The molecule has 3 heterocycles. The van der Waals surface area contributed by atoms with Crippen LogP contribution >= 0.6 is 19.4 Å². The van der Waals surface area contributed by atoms with Crippen molar-refractivity contribution in [2.75, 3.05) is 51.9 Å². The van der Waals surface area contributed by atoms with Gasteiger partial charge in [0, 0.05) is 18.3 Å².